The molecule has 35 heavy (non-hydrogen) atoms. The summed E-state index contributed by atoms with van der Waals surface area (Å²) in [6.07, 6.45) is 2.41. The predicted molar refractivity (Wildman–Crippen MR) is 135 cm³/mol. The Balaban J connectivity index is 1.29. The maximum Gasteiger partial charge on any atom is 0.152 e. The highest BCUT2D eigenvalue weighted by Crippen LogP contribution is 2.34. The van der Waals surface area contributed by atoms with Crippen LogP contribution in [0, 0.1) is 18.3 Å². The first-order valence-corrected chi connectivity index (χ1v) is 13.4. The van der Waals surface area contributed by atoms with Crippen molar-refractivity contribution in [1.29, 1.82) is 5.26 Å². The average Bonchev–Trinajstić information content (AvgIpc) is 3.21. The monoisotopic (exact) mass is 490 g/mol. The van der Waals surface area contributed by atoms with E-state index in [-0.39, 0.29) is 11.5 Å². The molecule has 0 atom stereocenters. The molecule has 2 aromatic carbocycles. The van der Waals surface area contributed by atoms with E-state index in [0.29, 0.717) is 48.0 Å². The van der Waals surface area contributed by atoms with E-state index in [1.54, 1.807) is 24.4 Å². The normalized spacial score (nSPS) is 15.8. The van der Waals surface area contributed by atoms with Crippen LogP contribution in [0.1, 0.15) is 17.7 Å². The van der Waals surface area contributed by atoms with Crippen molar-refractivity contribution in [2.24, 2.45) is 0 Å². The largest absolute Gasteiger partial charge is 0.492 e. The fraction of sp³-hybridized carbons (Fsp3) is 0.308. The van der Waals surface area contributed by atoms with Crippen molar-refractivity contribution in [2.45, 2.75) is 13.3 Å². The fourth-order valence-electron chi connectivity index (χ4n) is 4.33. The Labute approximate surface area is 204 Å². The SMILES string of the molecule is Cc1cc2cc(Oc3ccnc4cc(OCCCN5CCS(=O)(=O)CC5)c(C#N)cc34)ccc2[nH]1. The van der Waals surface area contributed by atoms with Crippen LogP contribution < -0.4 is 9.47 Å². The molecule has 8 nitrogen and oxygen atoms in total. The van der Waals surface area contributed by atoms with Gasteiger partial charge in [0.25, 0.3) is 0 Å². The summed E-state index contributed by atoms with van der Waals surface area (Å²) in [5.41, 5.74) is 3.22. The Morgan fingerprint density at radius 3 is 2.74 bits per heavy atom. The maximum atomic E-state index is 11.6. The first-order chi connectivity index (χ1) is 16.9. The van der Waals surface area contributed by atoms with Gasteiger partial charge in [0.15, 0.2) is 9.84 Å². The van der Waals surface area contributed by atoms with Crippen LogP contribution in [0.3, 0.4) is 0 Å². The highest BCUT2D eigenvalue weighted by Gasteiger charge is 2.21. The van der Waals surface area contributed by atoms with E-state index in [9.17, 15) is 13.7 Å². The molecule has 4 aromatic rings. The minimum atomic E-state index is -2.88. The third kappa shape index (κ3) is 5.24. The molecule has 0 aliphatic carbocycles. The van der Waals surface area contributed by atoms with Crippen LogP contribution in [0.2, 0.25) is 0 Å². The van der Waals surface area contributed by atoms with Crippen molar-refractivity contribution in [2.75, 3.05) is 37.7 Å². The van der Waals surface area contributed by atoms with E-state index >= 15 is 0 Å². The van der Waals surface area contributed by atoms with Gasteiger partial charge >= 0.3 is 0 Å². The van der Waals surface area contributed by atoms with Crippen molar-refractivity contribution in [1.82, 2.24) is 14.9 Å². The van der Waals surface area contributed by atoms with Gasteiger partial charge in [-0.1, -0.05) is 0 Å². The summed E-state index contributed by atoms with van der Waals surface area (Å²) in [6, 6.07) is 15.5. The second-order valence-electron chi connectivity index (χ2n) is 8.79. The van der Waals surface area contributed by atoms with E-state index < -0.39 is 9.84 Å². The number of benzene rings is 2. The smallest absolute Gasteiger partial charge is 0.152 e. The van der Waals surface area contributed by atoms with Gasteiger partial charge < -0.3 is 19.4 Å². The lowest BCUT2D eigenvalue weighted by molar-refractivity contribution is 0.245. The van der Waals surface area contributed by atoms with Gasteiger partial charge in [0.05, 0.1) is 29.2 Å². The topological polar surface area (TPSA) is 108 Å². The van der Waals surface area contributed by atoms with Crippen LogP contribution in [0.4, 0.5) is 0 Å². The zero-order valence-electron chi connectivity index (χ0n) is 19.5. The molecular weight excluding hydrogens is 464 g/mol. The van der Waals surface area contributed by atoms with E-state index in [1.807, 2.05) is 25.1 Å². The van der Waals surface area contributed by atoms with Crippen molar-refractivity contribution in [3.63, 3.8) is 0 Å². The molecule has 5 rings (SSSR count). The molecule has 0 amide bonds. The molecule has 2 aromatic heterocycles. The third-order valence-electron chi connectivity index (χ3n) is 6.19. The van der Waals surface area contributed by atoms with Gasteiger partial charge in [0.2, 0.25) is 0 Å². The van der Waals surface area contributed by atoms with Crippen molar-refractivity contribution in [3.8, 4) is 23.3 Å². The fourth-order valence-corrected chi connectivity index (χ4v) is 5.61. The van der Waals surface area contributed by atoms with Crippen molar-refractivity contribution < 1.29 is 17.9 Å². The Hall–Kier alpha value is -3.61. The zero-order chi connectivity index (χ0) is 24.4. The number of fused-ring (bicyclic) bond motifs is 2. The first kappa shape index (κ1) is 23.1. The quantitative estimate of drug-likeness (QED) is 0.387. The van der Waals surface area contributed by atoms with Gasteiger partial charge in [-0.2, -0.15) is 5.26 Å². The lowest BCUT2D eigenvalue weighted by atomic mass is 10.1. The molecule has 1 saturated heterocycles. The van der Waals surface area contributed by atoms with Gasteiger partial charge in [-0.25, -0.2) is 8.42 Å². The lowest BCUT2D eigenvalue weighted by Gasteiger charge is -2.26. The van der Waals surface area contributed by atoms with E-state index in [2.05, 4.69) is 27.0 Å². The molecule has 0 radical (unpaired) electrons. The van der Waals surface area contributed by atoms with Gasteiger partial charge in [-0.15, -0.1) is 0 Å². The highest BCUT2D eigenvalue weighted by atomic mass is 32.2. The maximum absolute atomic E-state index is 11.6. The number of hydrogen-bond donors (Lipinski definition) is 1. The molecule has 0 bridgehead atoms. The number of nitrogens with zero attached hydrogens (tertiary/aromatic N) is 3. The molecule has 0 unspecified atom stereocenters. The van der Waals surface area contributed by atoms with Gasteiger partial charge in [0.1, 0.15) is 23.3 Å². The average molecular weight is 491 g/mol. The number of aromatic amines is 1. The van der Waals surface area contributed by atoms with Crippen LogP contribution in [-0.2, 0) is 9.84 Å². The van der Waals surface area contributed by atoms with Crippen LogP contribution in [0.15, 0.2) is 48.7 Å². The summed E-state index contributed by atoms with van der Waals surface area (Å²) >= 11 is 0. The number of pyridine rings is 1. The molecule has 1 fully saturated rings. The lowest BCUT2D eigenvalue weighted by Crippen LogP contribution is -2.40. The van der Waals surface area contributed by atoms with Gasteiger partial charge in [-0.05, 0) is 49.7 Å². The second kappa shape index (κ2) is 9.56. The number of sulfone groups is 1. The van der Waals surface area contributed by atoms with E-state index in [1.165, 1.54) is 0 Å². The van der Waals surface area contributed by atoms with Crippen LogP contribution in [0.25, 0.3) is 21.8 Å². The molecule has 1 aliphatic rings. The number of hydrogen-bond acceptors (Lipinski definition) is 7. The Kier molecular flexibility index (Phi) is 6.32. The standard InChI is InChI=1S/C26H26N4O4S/c1-18-13-19-14-21(3-4-23(19)29-18)34-25-5-6-28-24-16-26(20(17-27)15-22(24)25)33-10-2-7-30-8-11-35(31,32)12-9-30/h3-6,13-16,29H,2,7-12H2,1H3. The molecule has 0 spiro atoms. The second-order valence-corrected chi connectivity index (χ2v) is 11.1. The van der Waals surface area contributed by atoms with E-state index in [0.717, 1.165) is 34.9 Å². The summed E-state index contributed by atoms with van der Waals surface area (Å²) in [5, 5.41) is 11.5. The summed E-state index contributed by atoms with van der Waals surface area (Å²) in [7, 11) is -2.88. The number of aromatic nitrogens is 2. The summed E-state index contributed by atoms with van der Waals surface area (Å²) < 4.78 is 35.2. The van der Waals surface area contributed by atoms with Crippen molar-refractivity contribution in [3.05, 3.63) is 59.9 Å². The summed E-state index contributed by atoms with van der Waals surface area (Å²) in [6.45, 7) is 4.32. The molecule has 1 N–H and O–H groups in total. The number of aryl methyl sites for hydroxylation is 1. The van der Waals surface area contributed by atoms with Crippen LogP contribution in [0.5, 0.6) is 17.2 Å². The predicted octanol–water partition coefficient (Wildman–Crippen LogP) is 4.19. The molecule has 180 valence electrons. The van der Waals surface area contributed by atoms with Gasteiger partial charge in [-0.3, -0.25) is 4.98 Å². The number of nitriles is 1. The Morgan fingerprint density at radius 2 is 1.94 bits per heavy atom. The minimum absolute atomic E-state index is 0.214. The van der Waals surface area contributed by atoms with Crippen molar-refractivity contribution >= 4 is 31.6 Å². The molecule has 0 saturated carbocycles. The first-order valence-electron chi connectivity index (χ1n) is 11.6. The van der Waals surface area contributed by atoms with Gasteiger partial charge in [0, 0.05) is 53.9 Å². The highest BCUT2D eigenvalue weighted by molar-refractivity contribution is 7.91. The molecule has 3 heterocycles. The molecular formula is C26H26N4O4S. The number of rotatable bonds is 7. The number of nitrogens with one attached hydrogen (secondary N) is 1. The third-order valence-corrected chi connectivity index (χ3v) is 7.80. The Morgan fingerprint density at radius 1 is 1.11 bits per heavy atom. The molecule has 9 heteroatoms. The number of ether oxygens (including phenoxy) is 2. The minimum Gasteiger partial charge on any atom is -0.492 e. The molecule has 1 aliphatic heterocycles. The van der Waals surface area contributed by atoms with E-state index in [4.69, 9.17) is 9.47 Å². The van der Waals surface area contributed by atoms with Crippen LogP contribution >= 0.6 is 0 Å². The van der Waals surface area contributed by atoms with Crippen LogP contribution in [-0.4, -0.2) is 61.0 Å². The number of H-pyrrole nitrogens is 1. The summed E-state index contributed by atoms with van der Waals surface area (Å²) in [5.74, 6) is 2.23. The summed E-state index contributed by atoms with van der Waals surface area (Å²) in [4.78, 5) is 9.88. The zero-order valence-corrected chi connectivity index (χ0v) is 20.3. The Bertz CT molecular complexity index is 1520.